The zero-order chi connectivity index (χ0) is 14.4. The molecule has 0 heterocycles. The fourth-order valence-corrected chi connectivity index (χ4v) is 2.57. The molecule has 0 N–H and O–H groups in total. The zero-order valence-corrected chi connectivity index (χ0v) is 12.7. The summed E-state index contributed by atoms with van der Waals surface area (Å²) in [6.07, 6.45) is 0. The Morgan fingerprint density at radius 2 is 1.95 bits per heavy atom. The van der Waals surface area contributed by atoms with Gasteiger partial charge in [-0.25, -0.2) is 0 Å². The van der Waals surface area contributed by atoms with Crippen molar-refractivity contribution in [3.63, 3.8) is 0 Å². The Labute approximate surface area is 128 Å². The molecule has 2 nitrogen and oxygen atoms in total. The van der Waals surface area contributed by atoms with Crippen LogP contribution in [0.5, 0.6) is 5.75 Å². The van der Waals surface area contributed by atoms with Crippen molar-refractivity contribution in [2.24, 2.45) is 0 Å². The molecule has 20 heavy (non-hydrogen) atoms. The largest absolute Gasteiger partial charge is 0.493 e. The number of benzene rings is 2. The molecule has 0 aliphatic rings. The molecule has 0 aliphatic carbocycles. The normalized spacial score (nSPS) is 10.3. The summed E-state index contributed by atoms with van der Waals surface area (Å²) in [5.74, 6) is 1.71. The fourth-order valence-electron chi connectivity index (χ4n) is 1.66. The van der Waals surface area contributed by atoms with E-state index in [1.807, 2.05) is 42.5 Å². The summed E-state index contributed by atoms with van der Waals surface area (Å²) in [4.78, 5) is 12.3. The van der Waals surface area contributed by atoms with Crippen LogP contribution in [0.4, 0.5) is 0 Å². The van der Waals surface area contributed by atoms with Gasteiger partial charge in [-0.05, 0) is 37.3 Å². The van der Waals surface area contributed by atoms with Crippen LogP contribution in [0.1, 0.15) is 17.3 Å². The van der Waals surface area contributed by atoms with E-state index in [9.17, 15) is 4.79 Å². The molecule has 4 heteroatoms. The van der Waals surface area contributed by atoms with Crippen molar-refractivity contribution >= 4 is 29.1 Å². The van der Waals surface area contributed by atoms with Crippen LogP contribution in [0.3, 0.4) is 0 Å². The van der Waals surface area contributed by atoms with Gasteiger partial charge < -0.3 is 4.74 Å². The quantitative estimate of drug-likeness (QED) is 0.439. The summed E-state index contributed by atoms with van der Waals surface area (Å²) in [6, 6.07) is 15.0. The lowest BCUT2D eigenvalue weighted by atomic mass is 10.2. The molecule has 0 spiro atoms. The Morgan fingerprint density at radius 1 is 1.20 bits per heavy atom. The molecule has 104 valence electrons. The highest BCUT2D eigenvalue weighted by Crippen LogP contribution is 2.20. The number of hydrogen-bond acceptors (Lipinski definition) is 3. The average Bonchev–Trinajstić information content (AvgIpc) is 2.44. The van der Waals surface area contributed by atoms with Gasteiger partial charge in [-0.2, -0.15) is 0 Å². The lowest BCUT2D eigenvalue weighted by Gasteiger charge is -2.06. The maximum Gasteiger partial charge on any atom is 0.159 e. The van der Waals surface area contributed by atoms with Crippen LogP contribution in [0.25, 0.3) is 0 Å². The molecule has 0 aliphatic heterocycles. The fraction of sp³-hybridized carbons (Fsp3) is 0.188. The Hall–Kier alpha value is -1.45. The number of hydrogen-bond donors (Lipinski definition) is 0. The van der Waals surface area contributed by atoms with Gasteiger partial charge in [-0.15, -0.1) is 11.8 Å². The van der Waals surface area contributed by atoms with E-state index in [0.717, 1.165) is 22.0 Å². The Bertz CT molecular complexity index is 581. The minimum atomic E-state index is 0.0887. The molecule has 2 aromatic carbocycles. The maximum absolute atomic E-state index is 11.2. The highest BCUT2D eigenvalue weighted by Gasteiger charge is 2.00. The van der Waals surface area contributed by atoms with Gasteiger partial charge in [-0.3, -0.25) is 4.79 Å². The second-order valence-corrected chi connectivity index (χ2v) is 5.84. The van der Waals surface area contributed by atoms with E-state index in [1.165, 1.54) is 0 Å². The Balaban J connectivity index is 1.77. The summed E-state index contributed by atoms with van der Waals surface area (Å²) < 4.78 is 5.61. The third-order valence-corrected chi connectivity index (χ3v) is 3.89. The second kappa shape index (κ2) is 7.36. The predicted octanol–water partition coefficient (Wildman–Crippen LogP) is 4.71. The number of carbonyl (C=O) groups is 1. The smallest absolute Gasteiger partial charge is 0.159 e. The van der Waals surface area contributed by atoms with Crippen molar-refractivity contribution in [3.8, 4) is 5.75 Å². The molecular formula is C16H15ClO2S. The number of ketones is 1. The topological polar surface area (TPSA) is 26.3 Å². The SMILES string of the molecule is CC(=O)c1ccc(SCCOc2cccc(Cl)c2)cc1. The molecular weight excluding hydrogens is 292 g/mol. The van der Waals surface area contributed by atoms with Gasteiger partial charge in [0.1, 0.15) is 5.75 Å². The van der Waals surface area contributed by atoms with Gasteiger partial charge in [0, 0.05) is 21.2 Å². The first-order valence-corrected chi connectivity index (χ1v) is 7.64. The van der Waals surface area contributed by atoms with Crippen molar-refractivity contribution in [2.75, 3.05) is 12.4 Å². The van der Waals surface area contributed by atoms with E-state index in [-0.39, 0.29) is 5.78 Å². The van der Waals surface area contributed by atoms with E-state index in [1.54, 1.807) is 24.8 Å². The monoisotopic (exact) mass is 306 g/mol. The van der Waals surface area contributed by atoms with E-state index >= 15 is 0 Å². The summed E-state index contributed by atoms with van der Waals surface area (Å²) in [5, 5.41) is 0.676. The second-order valence-electron chi connectivity index (χ2n) is 4.23. The van der Waals surface area contributed by atoms with Crippen molar-refractivity contribution < 1.29 is 9.53 Å². The molecule has 0 saturated heterocycles. The Morgan fingerprint density at radius 3 is 2.60 bits per heavy atom. The molecule has 0 aromatic heterocycles. The van der Waals surface area contributed by atoms with E-state index in [2.05, 4.69) is 0 Å². The third kappa shape index (κ3) is 4.58. The van der Waals surface area contributed by atoms with E-state index in [4.69, 9.17) is 16.3 Å². The van der Waals surface area contributed by atoms with Crippen LogP contribution >= 0.6 is 23.4 Å². The minimum Gasteiger partial charge on any atom is -0.493 e. The summed E-state index contributed by atoms with van der Waals surface area (Å²) in [7, 11) is 0. The molecule has 2 rings (SSSR count). The number of Topliss-reactive ketones (excluding diaryl/α,β-unsaturated/α-hetero) is 1. The van der Waals surface area contributed by atoms with Gasteiger partial charge in [0.05, 0.1) is 6.61 Å². The minimum absolute atomic E-state index is 0.0887. The molecule has 0 amide bonds. The molecule has 0 unspecified atom stereocenters. The van der Waals surface area contributed by atoms with Crippen LogP contribution in [-0.4, -0.2) is 18.1 Å². The number of rotatable bonds is 6. The maximum atomic E-state index is 11.2. The summed E-state index contributed by atoms with van der Waals surface area (Å²) in [5.41, 5.74) is 0.740. The number of thioether (sulfide) groups is 1. The molecule has 0 radical (unpaired) electrons. The van der Waals surface area contributed by atoms with Crippen LogP contribution in [0.2, 0.25) is 5.02 Å². The van der Waals surface area contributed by atoms with Crippen molar-refractivity contribution in [1.82, 2.24) is 0 Å². The summed E-state index contributed by atoms with van der Waals surface area (Å²) in [6.45, 7) is 2.18. The van der Waals surface area contributed by atoms with E-state index < -0.39 is 0 Å². The van der Waals surface area contributed by atoms with Crippen LogP contribution in [0, 0.1) is 0 Å². The highest BCUT2D eigenvalue weighted by molar-refractivity contribution is 7.99. The van der Waals surface area contributed by atoms with Crippen LogP contribution in [-0.2, 0) is 0 Å². The van der Waals surface area contributed by atoms with Gasteiger partial charge in [0.15, 0.2) is 5.78 Å². The lowest BCUT2D eigenvalue weighted by molar-refractivity contribution is 0.101. The van der Waals surface area contributed by atoms with Gasteiger partial charge in [0.25, 0.3) is 0 Å². The zero-order valence-electron chi connectivity index (χ0n) is 11.1. The molecule has 0 saturated carbocycles. The molecule has 0 bridgehead atoms. The first-order chi connectivity index (χ1) is 9.65. The molecule has 2 aromatic rings. The number of carbonyl (C=O) groups excluding carboxylic acids is 1. The lowest BCUT2D eigenvalue weighted by Crippen LogP contribution is -2.00. The van der Waals surface area contributed by atoms with Crippen molar-refractivity contribution in [2.45, 2.75) is 11.8 Å². The third-order valence-electron chi connectivity index (χ3n) is 2.68. The predicted molar refractivity (Wildman–Crippen MR) is 84.1 cm³/mol. The van der Waals surface area contributed by atoms with Crippen molar-refractivity contribution in [1.29, 1.82) is 0 Å². The molecule has 0 atom stereocenters. The Kier molecular flexibility index (Phi) is 5.50. The highest BCUT2D eigenvalue weighted by atomic mass is 35.5. The van der Waals surface area contributed by atoms with Gasteiger partial charge >= 0.3 is 0 Å². The van der Waals surface area contributed by atoms with Gasteiger partial charge in [0.2, 0.25) is 0 Å². The van der Waals surface area contributed by atoms with Crippen LogP contribution in [0.15, 0.2) is 53.4 Å². The van der Waals surface area contributed by atoms with Crippen LogP contribution < -0.4 is 4.74 Å². The van der Waals surface area contributed by atoms with Gasteiger partial charge in [-0.1, -0.05) is 29.8 Å². The average molecular weight is 307 g/mol. The standard InChI is InChI=1S/C16H15ClO2S/c1-12(18)13-5-7-16(8-6-13)20-10-9-19-15-4-2-3-14(17)11-15/h2-8,11H,9-10H2,1H3. The first-order valence-electron chi connectivity index (χ1n) is 6.27. The van der Waals surface area contributed by atoms with E-state index in [0.29, 0.717) is 11.6 Å². The molecule has 0 fully saturated rings. The number of ether oxygens (including phenoxy) is 1. The first kappa shape index (κ1) is 14.9. The summed E-state index contributed by atoms with van der Waals surface area (Å²) >= 11 is 7.58. The number of halogens is 1. The van der Waals surface area contributed by atoms with Crippen molar-refractivity contribution in [3.05, 3.63) is 59.1 Å².